The van der Waals surface area contributed by atoms with Crippen LogP contribution >= 0.6 is 0 Å². The Morgan fingerprint density at radius 3 is 3.11 bits per heavy atom. The Morgan fingerprint density at radius 1 is 1.67 bits per heavy atom. The summed E-state index contributed by atoms with van der Waals surface area (Å²) in [5.41, 5.74) is 0. The molecular formula is C7H15NO. The zero-order chi connectivity index (χ0) is 6.53. The highest BCUT2D eigenvalue weighted by atomic mass is 16.5. The lowest BCUT2D eigenvalue weighted by Gasteiger charge is -2.04. The van der Waals surface area contributed by atoms with E-state index in [0.717, 1.165) is 13.3 Å². The van der Waals surface area contributed by atoms with Crippen LogP contribution in [0.25, 0.3) is 0 Å². The van der Waals surface area contributed by atoms with Crippen molar-refractivity contribution in [2.45, 2.75) is 32.3 Å². The first kappa shape index (κ1) is 7.03. The van der Waals surface area contributed by atoms with Crippen molar-refractivity contribution in [3.8, 4) is 0 Å². The van der Waals surface area contributed by atoms with Crippen molar-refractivity contribution in [3.05, 3.63) is 0 Å². The molecular weight excluding hydrogens is 114 g/mol. The minimum absolute atomic E-state index is 0.505. The fourth-order valence-corrected chi connectivity index (χ4v) is 1.07. The van der Waals surface area contributed by atoms with Gasteiger partial charge >= 0.3 is 0 Å². The van der Waals surface area contributed by atoms with Crippen molar-refractivity contribution in [1.82, 2.24) is 5.32 Å². The SMILES string of the molecule is CCCCC1CNCO1. The van der Waals surface area contributed by atoms with Gasteiger partial charge in [0.15, 0.2) is 0 Å². The van der Waals surface area contributed by atoms with E-state index in [9.17, 15) is 0 Å². The molecule has 0 aromatic heterocycles. The maximum absolute atomic E-state index is 5.34. The topological polar surface area (TPSA) is 21.3 Å². The van der Waals surface area contributed by atoms with Crippen LogP contribution in [0.2, 0.25) is 0 Å². The van der Waals surface area contributed by atoms with Crippen LogP contribution in [0.4, 0.5) is 0 Å². The normalized spacial score (nSPS) is 27.0. The third kappa shape index (κ3) is 2.33. The van der Waals surface area contributed by atoms with Gasteiger partial charge in [0.1, 0.15) is 0 Å². The van der Waals surface area contributed by atoms with Crippen molar-refractivity contribution in [3.63, 3.8) is 0 Å². The number of rotatable bonds is 3. The van der Waals surface area contributed by atoms with Crippen molar-refractivity contribution in [2.75, 3.05) is 13.3 Å². The summed E-state index contributed by atoms with van der Waals surface area (Å²) in [4.78, 5) is 0. The molecule has 0 aromatic carbocycles. The molecule has 1 atom stereocenters. The van der Waals surface area contributed by atoms with Gasteiger partial charge in [-0.3, -0.25) is 5.32 Å². The smallest absolute Gasteiger partial charge is 0.0970 e. The zero-order valence-electron chi connectivity index (χ0n) is 6.02. The second-order valence-corrected chi connectivity index (χ2v) is 2.53. The Labute approximate surface area is 56.6 Å². The molecule has 1 rings (SSSR count). The summed E-state index contributed by atoms with van der Waals surface area (Å²) >= 11 is 0. The van der Waals surface area contributed by atoms with Gasteiger partial charge < -0.3 is 4.74 Å². The van der Waals surface area contributed by atoms with Gasteiger partial charge in [0.05, 0.1) is 12.8 Å². The van der Waals surface area contributed by atoms with E-state index in [1.54, 1.807) is 0 Å². The van der Waals surface area contributed by atoms with Gasteiger partial charge in [-0.1, -0.05) is 19.8 Å². The molecule has 1 heterocycles. The van der Waals surface area contributed by atoms with Crippen LogP contribution in [-0.2, 0) is 4.74 Å². The van der Waals surface area contributed by atoms with E-state index in [1.807, 2.05) is 0 Å². The van der Waals surface area contributed by atoms with E-state index in [4.69, 9.17) is 4.74 Å². The fourth-order valence-electron chi connectivity index (χ4n) is 1.07. The molecule has 2 nitrogen and oxygen atoms in total. The van der Waals surface area contributed by atoms with E-state index in [2.05, 4.69) is 12.2 Å². The fraction of sp³-hybridized carbons (Fsp3) is 1.00. The largest absolute Gasteiger partial charge is 0.362 e. The summed E-state index contributed by atoms with van der Waals surface area (Å²) < 4.78 is 5.34. The Bertz CT molecular complexity index is 69.3. The molecule has 1 aliphatic heterocycles. The first-order valence-electron chi connectivity index (χ1n) is 3.76. The van der Waals surface area contributed by atoms with Crippen molar-refractivity contribution >= 4 is 0 Å². The van der Waals surface area contributed by atoms with Crippen molar-refractivity contribution in [2.24, 2.45) is 0 Å². The third-order valence-electron chi connectivity index (χ3n) is 1.67. The first-order chi connectivity index (χ1) is 4.43. The van der Waals surface area contributed by atoms with Gasteiger partial charge in [0.25, 0.3) is 0 Å². The van der Waals surface area contributed by atoms with E-state index < -0.39 is 0 Å². The molecule has 0 amide bonds. The summed E-state index contributed by atoms with van der Waals surface area (Å²) in [6, 6.07) is 0. The molecule has 9 heavy (non-hydrogen) atoms. The number of nitrogens with one attached hydrogen (secondary N) is 1. The molecule has 0 aliphatic carbocycles. The predicted octanol–water partition coefficient (Wildman–Crippen LogP) is 1.12. The van der Waals surface area contributed by atoms with E-state index in [0.29, 0.717) is 6.10 Å². The van der Waals surface area contributed by atoms with Crippen LogP contribution in [0.3, 0.4) is 0 Å². The lowest BCUT2D eigenvalue weighted by molar-refractivity contribution is 0.105. The lowest BCUT2D eigenvalue weighted by Crippen LogP contribution is -2.13. The predicted molar refractivity (Wildman–Crippen MR) is 37.3 cm³/mol. The van der Waals surface area contributed by atoms with Crippen LogP contribution in [0.15, 0.2) is 0 Å². The van der Waals surface area contributed by atoms with Crippen LogP contribution in [0.1, 0.15) is 26.2 Å². The van der Waals surface area contributed by atoms with E-state index >= 15 is 0 Å². The molecule has 0 aromatic rings. The average Bonchev–Trinajstić information content (AvgIpc) is 2.34. The van der Waals surface area contributed by atoms with E-state index in [1.165, 1.54) is 19.3 Å². The summed E-state index contributed by atoms with van der Waals surface area (Å²) in [5.74, 6) is 0. The maximum atomic E-state index is 5.34. The van der Waals surface area contributed by atoms with Crippen molar-refractivity contribution in [1.29, 1.82) is 0 Å². The second kappa shape index (κ2) is 3.85. The maximum Gasteiger partial charge on any atom is 0.0970 e. The molecule has 2 heteroatoms. The summed E-state index contributed by atoms with van der Waals surface area (Å²) in [6.45, 7) is 4.02. The minimum atomic E-state index is 0.505. The van der Waals surface area contributed by atoms with Gasteiger partial charge in [-0.2, -0.15) is 0 Å². The summed E-state index contributed by atoms with van der Waals surface area (Å²) in [6.07, 6.45) is 4.31. The number of unbranched alkanes of at least 4 members (excludes halogenated alkanes) is 1. The monoisotopic (exact) mass is 129 g/mol. The minimum Gasteiger partial charge on any atom is -0.362 e. The molecule has 0 bridgehead atoms. The number of ether oxygens (including phenoxy) is 1. The summed E-state index contributed by atoms with van der Waals surface area (Å²) in [5, 5.41) is 3.16. The zero-order valence-corrected chi connectivity index (χ0v) is 6.02. The lowest BCUT2D eigenvalue weighted by atomic mass is 10.2. The first-order valence-corrected chi connectivity index (χ1v) is 3.76. The Hall–Kier alpha value is -0.0800. The Morgan fingerprint density at radius 2 is 2.56 bits per heavy atom. The Balaban J connectivity index is 1.98. The van der Waals surface area contributed by atoms with Gasteiger partial charge in [-0.05, 0) is 6.42 Å². The summed E-state index contributed by atoms with van der Waals surface area (Å²) in [7, 11) is 0. The molecule has 0 spiro atoms. The van der Waals surface area contributed by atoms with Crippen LogP contribution in [0, 0.1) is 0 Å². The second-order valence-electron chi connectivity index (χ2n) is 2.53. The average molecular weight is 129 g/mol. The van der Waals surface area contributed by atoms with Gasteiger partial charge in [-0.15, -0.1) is 0 Å². The van der Waals surface area contributed by atoms with Gasteiger partial charge in [-0.25, -0.2) is 0 Å². The van der Waals surface area contributed by atoms with E-state index in [-0.39, 0.29) is 0 Å². The molecule has 0 saturated carbocycles. The highest BCUT2D eigenvalue weighted by Crippen LogP contribution is 2.06. The van der Waals surface area contributed by atoms with Gasteiger partial charge in [0.2, 0.25) is 0 Å². The van der Waals surface area contributed by atoms with Gasteiger partial charge in [0, 0.05) is 6.54 Å². The molecule has 1 unspecified atom stereocenters. The molecule has 1 saturated heterocycles. The molecule has 1 fully saturated rings. The van der Waals surface area contributed by atoms with Crippen LogP contribution in [0.5, 0.6) is 0 Å². The highest BCUT2D eigenvalue weighted by Gasteiger charge is 2.12. The number of hydrogen-bond acceptors (Lipinski definition) is 2. The molecule has 1 N–H and O–H groups in total. The van der Waals surface area contributed by atoms with Crippen LogP contribution < -0.4 is 5.32 Å². The molecule has 54 valence electrons. The highest BCUT2D eigenvalue weighted by molar-refractivity contribution is 4.65. The van der Waals surface area contributed by atoms with Crippen LogP contribution in [-0.4, -0.2) is 19.4 Å². The quantitative estimate of drug-likeness (QED) is 0.616. The van der Waals surface area contributed by atoms with Crippen molar-refractivity contribution < 1.29 is 4.74 Å². The standard InChI is InChI=1S/C7H15NO/c1-2-3-4-7-5-8-6-9-7/h7-8H,2-6H2,1H3. The molecule has 1 aliphatic rings. The third-order valence-corrected chi connectivity index (χ3v) is 1.67. The Kier molecular flexibility index (Phi) is 3.01. The molecule has 0 radical (unpaired) electrons. The number of hydrogen-bond donors (Lipinski definition) is 1.